The number of amides is 1. The van der Waals surface area contributed by atoms with Gasteiger partial charge in [-0.25, -0.2) is 0 Å². The first kappa shape index (κ1) is 17.7. The molecule has 5 nitrogen and oxygen atoms in total. The molecule has 0 spiro atoms. The van der Waals surface area contributed by atoms with Crippen LogP contribution in [-0.4, -0.2) is 23.7 Å². The lowest BCUT2D eigenvalue weighted by molar-refractivity contribution is -0.125. The Hall–Kier alpha value is -2.60. The molecule has 0 bridgehead atoms. The molecule has 2 aromatic rings. The number of anilines is 1. The summed E-state index contributed by atoms with van der Waals surface area (Å²) in [6.07, 6.45) is -0.660. The Balaban J connectivity index is 1.83. The van der Waals surface area contributed by atoms with E-state index in [4.69, 9.17) is 21.7 Å². The van der Waals surface area contributed by atoms with Crippen molar-refractivity contribution in [2.45, 2.75) is 20.0 Å². The van der Waals surface area contributed by atoms with Crippen LogP contribution in [0, 0.1) is 0 Å². The van der Waals surface area contributed by atoms with Gasteiger partial charge in [-0.05, 0) is 62.5 Å². The van der Waals surface area contributed by atoms with Gasteiger partial charge in [0.2, 0.25) is 0 Å². The maximum Gasteiger partial charge on any atom is 0.266 e. The molecule has 1 amide bonds. The lowest BCUT2D eigenvalue weighted by Gasteiger charge is -2.16. The van der Waals surface area contributed by atoms with Gasteiger partial charge in [0.1, 0.15) is 11.5 Å². The van der Waals surface area contributed by atoms with Gasteiger partial charge in [0.05, 0.1) is 6.61 Å². The van der Waals surface area contributed by atoms with E-state index in [-0.39, 0.29) is 11.0 Å². The Morgan fingerprint density at radius 3 is 2.38 bits per heavy atom. The summed E-state index contributed by atoms with van der Waals surface area (Å²) in [4.78, 5) is 12.1. The van der Waals surface area contributed by atoms with Gasteiger partial charge in [0.25, 0.3) is 5.91 Å². The minimum absolute atomic E-state index is 0.215. The Labute approximate surface area is 147 Å². The third kappa shape index (κ3) is 5.55. The molecule has 0 radical (unpaired) electrons. The molecule has 2 N–H and O–H groups in total. The molecule has 0 saturated heterocycles. The number of hydrogen-bond donors (Lipinski definition) is 2. The van der Waals surface area contributed by atoms with Crippen LogP contribution in [0.1, 0.15) is 13.8 Å². The fourth-order valence-corrected chi connectivity index (χ4v) is 2.15. The number of benzene rings is 2. The van der Waals surface area contributed by atoms with Gasteiger partial charge < -0.3 is 14.8 Å². The van der Waals surface area contributed by atoms with Crippen molar-refractivity contribution >= 4 is 28.9 Å². The monoisotopic (exact) mass is 344 g/mol. The molecule has 0 saturated carbocycles. The lowest BCUT2D eigenvalue weighted by atomic mass is 10.3. The maximum absolute atomic E-state index is 12.1. The van der Waals surface area contributed by atoms with Crippen LogP contribution in [0.5, 0.6) is 11.5 Å². The number of ether oxygens (including phenoxy) is 2. The zero-order valence-electron chi connectivity index (χ0n) is 13.6. The van der Waals surface area contributed by atoms with E-state index < -0.39 is 6.10 Å². The van der Waals surface area contributed by atoms with E-state index in [0.29, 0.717) is 12.4 Å². The first-order chi connectivity index (χ1) is 11.6. The molecule has 126 valence electrons. The van der Waals surface area contributed by atoms with Crippen LogP contribution in [-0.2, 0) is 4.79 Å². The van der Waals surface area contributed by atoms with E-state index in [1.54, 1.807) is 19.1 Å². The number of carbonyl (C=O) groups is 1. The van der Waals surface area contributed by atoms with E-state index in [1.807, 2.05) is 49.4 Å². The Morgan fingerprint density at radius 2 is 1.75 bits per heavy atom. The van der Waals surface area contributed by atoms with Crippen molar-refractivity contribution in [1.82, 2.24) is 5.32 Å². The van der Waals surface area contributed by atoms with Crippen LogP contribution in [0.25, 0.3) is 0 Å². The molecule has 1 atom stereocenters. The van der Waals surface area contributed by atoms with E-state index in [0.717, 1.165) is 11.4 Å². The number of hydrogen-bond acceptors (Lipinski definition) is 4. The first-order valence-corrected chi connectivity index (χ1v) is 8.05. The summed E-state index contributed by atoms with van der Waals surface area (Å²) < 4.78 is 10.9. The van der Waals surface area contributed by atoms with Gasteiger partial charge in [-0.1, -0.05) is 18.2 Å². The van der Waals surface area contributed by atoms with Crippen LogP contribution in [0.3, 0.4) is 0 Å². The number of para-hydroxylation sites is 1. The zero-order chi connectivity index (χ0) is 17.4. The van der Waals surface area contributed by atoms with Crippen LogP contribution in [0.2, 0.25) is 0 Å². The van der Waals surface area contributed by atoms with Gasteiger partial charge in [-0.3, -0.25) is 10.1 Å². The van der Waals surface area contributed by atoms with Crippen molar-refractivity contribution < 1.29 is 14.3 Å². The highest BCUT2D eigenvalue weighted by Gasteiger charge is 2.15. The second-order valence-corrected chi connectivity index (χ2v) is 5.38. The number of rotatable bonds is 6. The SMILES string of the molecule is CCOc1ccc(NC(=S)NC(=O)[C@@H](C)Oc2ccccc2)cc1. The number of nitrogens with one attached hydrogen (secondary N) is 2. The topological polar surface area (TPSA) is 59.6 Å². The average Bonchev–Trinajstić information content (AvgIpc) is 2.57. The lowest BCUT2D eigenvalue weighted by Crippen LogP contribution is -2.42. The van der Waals surface area contributed by atoms with Crippen molar-refractivity contribution in [1.29, 1.82) is 0 Å². The normalized spacial score (nSPS) is 11.2. The van der Waals surface area contributed by atoms with Gasteiger partial charge in [0.15, 0.2) is 11.2 Å². The zero-order valence-corrected chi connectivity index (χ0v) is 14.4. The molecule has 24 heavy (non-hydrogen) atoms. The number of thiocarbonyl (C=S) groups is 1. The molecular formula is C18H20N2O3S. The Bertz CT molecular complexity index is 674. The van der Waals surface area contributed by atoms with Gasteiger partial charge in [-0.15, -0.1) is 0 Å². The molecule has 0 aliphatic carbocycles. The van der Waals surface area contributed by atoms with Crippen LogP contribution < -0.4 is 20.1 Å². The molecule has 0 unspecified atom stereocenters. The van der Waals surface area contributed by atoms with Crippen molar-refractivity contribution in [2.75, 3.05) is 11.9 Å². The van der Waals surface area contributed by atoms with E-state index in [9.17, 15) is 4.79 Å². The predicted octanol–water partition coefficient (Wildman–Crippen LogP) is 3.37. The third-order valence-electron chi connectivity index (χ3n) is 3.09. The summed E-state index contributed by atoms with van der Waals surface area (Å²) >= 11 is 5.15. The fourth-order valence-electron chi connectivity index (χ4n) is 1.93. The van der Waals surface area contributed by atoms with Crippen molar-refractivity contribution in [3.8, 4) is 11.5 Å². The molecule has 0 aliphatic heterocycles. The largest absolute Gasteiger partial charge is 0.494 e. The average molecular weight is 344 g/mol. The van der Waals surface area contributed by atoms with Crippen molar-refractivity contribution in [2.24, 2.45) is 0 Å². The van der Waals surface area contributed by atoms with E-state index in [2.05, 4.69) is 10.6 Å². The Kier molecular flexibility index (Phi) is 6.57. The number of carbonyl (C=O) groups excluding carboxylic acids is 1. The molecule has 2 aromatic carbocycles. The molecule has 0 fully saturated rings. The van der Waals surface area contributed by atoms with Crippen LogP contribution in [0.15, 0.2) is 54.6 Å². The summed E-state index contributed by atoms with van der Waals surface area (Å²) in [7, 11) is 0. The smallest absolute Gasteiger partial charge is 0.266 e. The second kappa shape index (κ2) is 8.88. The Morgan fingerprint density at radius 1 is 1.08 bits per heavy atom. The highest BCUT2D eigenvalue weighted by Crippen LogP contribution is 2.15. The molecular weight excluding hydrogens is 324 g/mol. The van der Waals surface area contributed by atoms with Crippen LogP contribution >= 0.6 is 12.2 Å². The highest BCUT2D eigenvalue weighted by molar-refractivity contribution is 7.80. The van der Waals surface area contributed by atoms with E-state index >= 15 is 0 Å². The summed E-state index contributed by atoms with van der Waals surface area (Å²) in [6, 6.07) is 16.5. The first-order valence-electron chi connectivity index (χ1n) is 7.65. The summed E-state index contributed by atoms with van der Waals surface area (Å²) in [5, 5.41) is 5.78. The van der Waals surface area contributed by atoms with E-state index in [1.165, 1.54) is 0 Å². The summed E-state index contributed by atoms with van der Waals surface area (Å²) in [5.74, 6) is 1.09. The highest BCUT2D eigenvalue weighted by atomic mass is 32.1. The molecule has 6 heteroatoms. The summed E-state index contributed by atoms with van der Waals surface area (Å²) in [6.45, 7) is 4.21. The third-order valence-corrected chi connectivity index (χ3v) is 3.29. The molecule has 0 heterocycles. The van der Waals surface area contributed by atoms with Crippen molar-refractivity contribution in [3.05, 3.63) is 54.6 Å². The predicted molar refractivity (Wildman–Crippen MR) is 98.5 cm³/mol. The van der Waals surface area contributed by atoms with Gasteiger partial charge >= 0.3 is 0 Å². The van der Waals surface area contributed by atoms with Gasteiger partial charge in [0, 0.05) is 5.69 Å². The minimum Gasteiger partial charge on any atom is -0.494 e. The maximum atomic E-state index is 12.1. The minimum atomic E-state index is -0.660. The fraction of sp³-hybridized carbons (Fsp3) is 0.222. The van der Waals surface area contributed by atoms with Gasteiger partial charge in [-0.2, -0.15) is 0 Å². The second-order valence-electron chi connectivity index (χ2n) is 4.97. The summed E-state index contributed by atoms with van der Waals surface area (Å²) in [5.41, 5.74) is 0.764. The van der Waals surface area contributed by atoms with Crippen LogP contribution in [0.4, 0.5) is 5.69 Å². The molecule has 2 rings (SSSR count). The molecule has 0 aromatic heterocycles. The molecule has 0 aliphatic rings. The quantitative estimate of drug-likeness (QED) is 0.787. The standard InChI is InChI=1S/C18H20N2O3S/c1-3-22-15-11-9-14(10-12-15)19-18(24)20-17(21)13(2)23-16-7-5-4-6-8-16/h4-13H,3H2,1-2H3,(H2,19,20,21,24)/t13-/m1/s1. The van der Waals surface area contributed by atoms with Crippen molar-refractivity contribution in [3.63, 3.8) is 0 Å².